The number of hydrogen-bond acceptors (Lipinski definition) is 1. The van der Waals surface area contributed by atoms with E-state index in [1.165, 1.54) is 80.2 Å². The fourth-order valence-electron chi connectivity index (χ4n) is 7.88. The highest BCUT2D eigenvalue weighted by Gasteiger charge is 2.22. The lowest BCUT2D eigenvalue weighted by Crippen LogP contribution is -1.98. The molecule has 0 N–H and O–H groups in total. The molecule has 0 fully saturated rings. The molecule has 0 radical (unpaired) electrons. The third-order valence-electron chi connectivity index (χ3n) is 9.87. The number of benzene rings is 7. The highest BCUT2D eigenvalue weighted by atomic mass is 32.1. The summed E-state index contributed by atoms with van der Waals surface area (Å²) in [5, 5.41) is 10.3. The van der Waals surface area contributed by atoms with Crippen molar-refractivity contribution < 1.29 is 0 Å². The summed E-state index contributed by atoms with van der Waals surface area (Å²) in [6.45, 7) is 8.26. The fourth-order valence-corrected chi connectivity index (χ4v) is 9.30. The van der Waals surface area contributed by atoms with Crippen LogP contribution in [-0.4, -0.2) is 9.13 Å². The maximum atomic E-state index is 4.18. The van der Waals surface area contributed by atoms with Gasteiger partial charge in [0.1, 0.15) is 0 Å². The van der Waals surface area contributed by atoms with Crippen molar-refractivity contribution in [2.75, 3.05) is 0 Å². The first-order valence-electron chi connectivity index (χ1n) is 15.9. The highest BCUT2D eigenvalue weighted by Crippen LogP contribution is 2.48. The predicted molar refractivity (Wildman–Crippen MR) is 206 cm³/mol. The van der Waals surface area contributed by atoms with Gasteiger partial charge in [-0.25, -0.2) is 0 Å². The van der Waals surface area contributed by atoms with Gasteiger partial charge in [0.25, 0.3) is 0 Å². The van der Waals surface area contributed by atoms with Crippen LogP contribution in [0.2, 0.25) is 0 Å². The number of nitrogens with zero attached hydrogens (tertiary/aromatic N) is 2. The number of thiophene rings is 1. The second kappa shape index (κ2) is 9.80. The van der Waals surface area contributed by atoms with Crippen LogP contribution in [0.5, 0.6) is 0 Å². The second-order valence-corrected chi connectivity index (χ2v) is 13.2. The number of fused-ring (bicyclic) bond motifs is 12. The van der Waals surface area contributed by atoms with Gasteiger partial charge in [0.05, 0.1) is 33.4 Å². The van der Waals surface area contributed by atoms with E-state index >= 15 is 0 Å². The standard InChI is InChI=1S/C44H28N2S/c1-3-27-14-11-21-35(29(27)4-2)45-37-19-9-7-17-33(37)41-39(45)25-23-31-32-24-26-40-42(44(32)47-43(31)41)34-18-8-10-20-38(34)46(40)36-22-12-15-28-13-5-6-16-30(28)36/h3-26H,1-2H2. The summed E-state index contributed by atoms with van der Waals surface area (Å²) in [7, 11) is 0. The Morgan fingerprint density at radius 1 is 0.426 bits per heavy atom. The molecule has 220 valence electrons. The lowest BCUT2D eigenvalue weighted by molar-refractivity contribution is 1.17. The van der Waals surface area contributed by atoms with Gasteiger partial charge < -0.3 is 9.13 Å². The normalized spacial score (nSPS) is 12.0. The molecule has 10 rings (SSSR count). The van der Waals surface area contributed by atoms with Crippen LogP contribution in [-0.2, 0) is 0 Å². The number of hydrogen-bond donors (Lipinski definition) is 0. The van der Waals surface area contributed by atoms with Gasteiger partial charge in [-0.1, -0.05) is 122 Å². The van der Waals surface area contributed by atoms with E-state index in [4.69, 9.17) is 0 Å². The van der Waals surface area contributed by atoms with Crippen molar-refractivity contribution in [3.05, 3.63) is 158 Å². The summed E-state index contributed by atoms with van der Waals surface area (Å²) >= 11 is 1.93. The molecule has 2 nitrogen and oxygen atoms in total. The van der Waals surface area contributed by atoms with E-state index in [1.54, 1.807) is 0 Å². The predicted octanol–water partition coefficient (Wildman–Crippen LogP) is 12.7. The summed E-state index contributed by atoms with van der Waals surface area (Å²) in [6.07, 6.45) is 3.87. The summed E-state index contributed by atoms with van der Waals surface area (Å²) in [4.78, 5) is 0. The van der Waals surface area contributed by atoms with E-state index in [1.807, 2.05) is 23.5 Å². The Labute approximate surface area is 275 Å². The van der Waals surface area contributed by atoms with Gasteiger partial charge in [-0.05, 0) is 47.3 Å². The number of rotatable bonds is 4. The van der Waals surface area contributed by atoms with Crippen molar-refractivity contribution >= 4 is 98.0 Å². The molecule has 0 atom stereocenters. The summed E-state index contributed by atoms with van der Waals surface area (Å²) < 4.78 is 7.52. The lowest BCUT2D eigenvalue weighted by atomic mass is 10.0. The van der Waals surface area contributed by atoms with Crippen molar-refractivity contribution in [3.63, 3.8) is 0 Å². The van der Waals surface area contributed by atoms with Crippen LogP contribution in [0.25, 0.3) is 98.1 Å². The maximum Gasteiger partial charge on any atom is 0.0556 e. The molecule has 3 aromatic heterocycles. The third kappa shape index (κ3) is 3.49. The molecule has 0 aliphatic heterocycles. The Balaban J connectivity index is 1.35. The summed E-state index contributed by atoms with van der Waals surface area (Å²) in [5.74, 6) is 0. The van der Waals surface area contributed by atoms with Crippen LogP contribution in [0.1, 0.15) is 11.1 Å². The zero-order valence-corrected chi connectivity index (χ0v) is 26.4. The molecule has 0 aliphatic rings. The van der Waals surface area contributed by atoms with E-state index in [0.717, 1.165) is 16.8 Å². The van der Waals surface area contributed by atoms with Crippen molar-refractivity contribution in [1.29, 1.82) is 0 Å². The Hall–Kier alpha value is -5.90. The minimum Gasteiger partial charge on any atom is -0.309 e. The van der Waals surface area contributed by atoms with Gasteiger partial charge in [0.15, 0.2) is 0 Å². The van der Waals surface area contributed by atoms with E-state index < -0.39 is 0 Å². The summed E-state index contributed by atoms with van der Waals surface area (Å²) in [5.41, 5.74) is 9.34. The quantitative estimate of drug-likeness (QED) is 0.186. The molecule has 0 spiro atoms. The SMILES string of the molecule is C=Cc1cccc(-n2c3ccccc3c3c4sc5c(ccc6c5c5ccccc5n6-c5cccc6ccccc56)c4ccc32)c1C=C. The molecule has 0 saturated carbocycles. The van der Waals surface area contributed by atoms with Crippen molar-refractivity contribution in [2.45, 2.75) is 0 Å². The molecule has 0 saturated heterocycles. The van der Waals surface area contributed by atoms with Crippen LogP contribution < -0.4 is 0 Å². The van der Waals surface area contributed by atoms with Crippen molar-refractivity contribution in [2.24, 2.45) is 0 Å². The van der Waals surface area contributed by atoms with E-state index in [-0.39, 0.29) is 0 Å². The maximum absolute atomic E-state index is 4.18. The zero-order chi connectivity index (χ0) is 31.2. The molecular weight excluding hydrogens is 589 g/mol. The average molecular weight is 617 g/mol. The molecule has 0 aliphatic carbocycles. The van der Waals surface area contributed by atoms with Crippen molar-refractivity contribution in [3.8, 4) is 11.4 Å². The molecule has 3 heteroatoms. The number of aromatic nitrogens is 2. The second-order valence-electron chi connectivity index (χ2n) is 12.2. The zero-order valence-electron chi connectivity index (χ0n) is 25.6. The van der Waals surface area contributed by atoms with Crippen LogP contribution in [0.15, 0.2) is 147 Å². The van der Waals surface area contributed by atoms with Gasteiger partial charge in [0, 0.05) is 52.7 Å². The first-order valence-corrected chi connectivity index (χ1v) is 16.8. The molecule has 7 aromatic carbocycles. The molecule has 3 heterocycles. The lowest BCUT2D eigenvalue weighted by Gasteiger charge is -2.13. The molecular formula is C44H28N2S. The molecule has 0 unspecified atom stereocenters. The van der Waals surface area contributed by atoms with Crippen LogP contribution in [0.4, 0.5) is 0 Å². The third-order valence-corrected chi connectivity index (χ3v) is 11.1. The molecule has 10 aromatic rings. The van der Waals surface area contributed by atoms with Gasteiger partial charge in [-0.2, -0.15) is 0 Å². The highest BCUT2D eigenvalue weighted by molar-refractivity contribution is 7.27. The van der Waals surface area contributed by atoms with Crippen LogP contribution in [0, 0.1) is 0 Å². The first-order chi connectivity index (χ1) is 23.3. The largest absolute Gasteiger partial charge is 0.309 e. The smallest absolute Gasteiger partial charge is 0.0556 e. The van der Waals surface area contributed by atoms with E-state index in [2.05, 4.69) is 156 Å². The minimum atomic E-state index is 1.08. The first kappa shape index (κ1) is 26.3. The molecule has 0 amide bonds. The number of para-hydroxylation sites is 2. The van der Waals surface area contributed by atoms with Gasteiger partial charge >= 0.3 is 0 Å². The van der Waals surface area contributed by atoms with Crippen LogP contribution >= 0.6 is 11.3 Å². The molecule has 47 heavy (non-hydrogen) atoms. The minimum absolute atomic E-state index is 1.08. The Morgan fingerprint density at radius 3 is 1.60 bits per heavy atom. The fraction of sp³-hybridized carbons (Fsp3) is 0. The Morgan fingerprint density at radius 2 is 0.957 bits per heavy atom. The topological polar surface area (TPSA) is 9.86 Å². The van der Waals surface area contributed by atoms with E-state index in [9.17, 15) is 0 Å². The molecule has 0 bridgehead atoms. The summed E-state index contributed by atoms with van der Waals surface area (Å²) in [6, 6.07) is 48.7. The average Bonchev–Trinajstić information content (AvgIpc) is 3.78. The van der Waals surface area contributed by atoms with Gasteiger partial charge in [-0.15, -0.1) is 11.3 Å². The Kier molecular flexibility index (Phi) is 5.49. The van der Waals surface area contributed by atoms with Crippen LogP contribution in [0.3, 0.4) is 0 Å². The monoisotopic (exact) mass is 616 g/mol. The van der Waals surface area contributed by atoms with E-state index in [0.29, 0.717) is 0 Å². The van der Waals surface area contributed by atoms with Gasteiger partial charge in [0.2, 0.25) is 0 Å². The van der Waals surface area contributed by atoms with Crippen molar-refractivity contribution in [1.82, 2.24) is 9.13 Å². The Bertz CT molecular complexity index is 2940. The van der Waals surface area contributed by atoms with Gasteiger partial charge in [-0.3, -0.25) is 0 Å².